The lowest BCUT2D eigenvalue weighted by Crippen LogP contribution is -2.47. The number of rotatable bonds is 3. The highest BCUT2D eigenvalue weighted by atomic mass is 16.5. The number of carbonyl (C=O) groups is 1. The zero-order valence-corrected chi connectivity index (χ0v) is 10.8. The third-order valence-corrected chi connectivity index (χ3v) is 3.83. The highest BCUT2D eigenvalue weighted by Crippen LogP contribution is 2.17. The van der Waals surface area contributed by atoms with Crippen molar-refractivity contribution in [1.29, 1.82) is 0 Å². The fourth-order valence-electron chi connectivity index (χ4n) is 2.75. The molecule has 0 saturated carbocycles. The van der Waals surface area contributed by atoms with Gasteiger partial charge >= 0.3 is 0 Å². The number of carbonyl (C=O) groups excluding carboxylic acids is 1. The van der Waals surface area contributed by atoms with Crippen LogP contribution < -0.4 is 5.32 Å². The van der Waals surface area contributed by atoms with E-state index in [4.69, 9.17) is 4.74 Å². The summed E-state index contributed by atoms with van der Waals surface area (Å²) in [6, 6.07) is 0.0149. The second-order valence-electron chi connectivity index (χ2n) is 5.11. The Balaban J connectivity index is 1.90. The summed E-state index contributed by atoms with van der Waals surface area (Å²) in [5.74, 6) is 0.263. The van der Waals surface area contributed by atoms with E-state index in [-0.39, 0.29) is 18.1 Å². The Kier molecular flexibility index (Phi) is 4.80. The molecule has 1 amide bonds. The Labute approximate surface area is 104 Å². The third kappa shape index (κ3) is 3.42. The second kappa shape index (κ2) is 6.36. The number of ether oxygens (including phenoxy) is 1. The summed E-state index contributed by atoms with van der Waals surface area (Å²) in [6.45, 7) is 2.55. The van der Waals surface area contributed by atoms with Crippen LogP contribution in [-0.2, 0) is 9.53 Å². The zero-order valence-electron chi connectivity index (χ0n) is 10.8. The average molecular weight is 240 g/mol. The van der Waals surface area contributed by atoms with E-state index in [1.165, 1.54) is 12.8 Å². The van der Waals surface area contributed by atoms with E-state index in [9.17, 15) is 4.79 Å². The Morgan fingerprint density at radius 2 is 2.12 bits per heavy atom. The summed E-state index contributed by atoms with van der Waals surface area (Å²) in [4.78, 5) is 14.3. The van der Waals surface area contributed by atoms with Gasteiger partial charge in [-0.15, -0.1) is 0 Å². The molecule has 98 valence electrons. The topological polar surface area (TPSA) is 41.6 Å². The number of likely N-dealkylation sites (N-methyl/N-ethyl adjacent to an activating group) is 1. The van der Waals surface area contributed by atoms with E-state index < -0.39 is 0 Å². The lowest BCUT2D eigenvalue weighted by molar-refractivity contribution is -0.135. The number of likely N-dealkylation sites (tertiary alicyclic amines) is 1. The highest BCUT2D eigenvalue weighted by Gasteiger charge is 2.28. The molecule has 2 heterocycles. The van der Waals surface area contributed by atoms with Gasteiger partial charge in [0.15, 0.2) is 0 Å². The highest BCUT2D eigenvalue weighted by molar-refractivity contribution is 5.82. The number of amides is 1. The third-order valence-electron chi connectivity index (χ3n) is 3.83. The maximum atomic E-state index is 12.3. The second-order valence-corrected chi connectivity index (χ2v) is 5.11. The van der Waals surface area contributed by atoms with Crippen molar-refractivity contribution >= 4 is 5.91 Å². The predicted molar refractivity (Wildman–Crippen MR) is 66.9 cm³/mol. The minimum atomic E-state index is 0.0149. The van der Waals surface area contributed by atoms with Crippen LogP contribution in [0.2, 0.25) is 0 Å². The average Bonchev–Trinajstić information content (AvgIpc) is 2.54. The molecule has 2 saturated heterocycles. The van der Waals surface area contributed by atoms with Gasteiger partial charge in [-0.05, 0) is 45.6 Å². The maximum absolute atomic E-state index is 12.3. The van der Waals surface area contributed by atoms with Gasteiger partial charge in [0.05, 0.1) is 12.1 Å². The Hall–Kier alpha value is -0.610. The molecule has 2 rings (SSSR count). The number of nitrogens with zero attached hydrogens (tertiary/aromatic N) is 1. The van der Waals surface area contributed by atoms with Gasteiger partial charge in [0.1, 0.15) is 0 Å². The molecule has 0 aliphatic carbocycles. The monoisotopic (exact) mass is 240 g/mol. The molecule has 0 spiro atoms. The fourth-order valence-corrected chi connectivity index (χ4v) is 2.75. The molecule has 0 bridgehead atoms. The van der Waals surface area contributed by atoms with Crippen LogP contribution in [0.25, 0.3) is 0 Å². The van der Waals surface area contributed by atoms with Gasteiger partial charge in [-0.2, -0.15) is 0 Å². The van der Waals surface area contributed by atoms with Gasteiger partial charge in [-0.25, -0.2) is 0 Å². The van der Waals surface area contributed by atoms with Crippen molar-refractivity contribution < 1.29 is 9.53 Å². The predicted octanol–water partition coefficient (Wildman–Crippen LogP) is 1.16. The molecule has 2 unspecified atom stereocenters. The first-order chi connectivity index (χ1) is 8.31. The molecule has 2 fully saturated rings. The number of hydrogen-bond acceptors (Lipinski definition) is 3. The Bertz CT molecular complexity index is 252. The van der Waals surface area contributed by atoms with E-state index in [1.54, 1.807) is 0 Å². The number of hydrogen-bond donors (Lipinski definition) is 1. The van der Waals surface area contributed by atoms with Crippen LogP contribution >= 0.6 is 0 Å². The smallest absolute Gasteiger partial charge is 0.239 e. The Morgan fingerprint density at radius 3 is 2.82 bits per heavy atom. The molecule has 2 aliphatic heterocycles. The standard InChI is InChI=1S/C13H24N2O2/c1-14-12-7-2-4-8-15(13(12)16)10-11-6-3-5-9-17-11/h11-12,14H,2-10H2,1H3. The minimum Gasteiger partial charge on any atom is -0.376 e. The van der Waals surface area contributed by atoms with Crippen molar-refractivity contribution in [2.24, 2.45) is 0 Å². The zero-order chi connectivity index (χ0) is 12.1. The van der Waals surface area contributed by atoms with Crippen molar-refractivity contribution in [3.8, 4) is 0 Å². The molecule has 2 aliphatic rings. The van der Waals surface area contributed by atoms with E-state index in [0.29, 0.717) is 0 Å². The van der Waals surface area contributed by atoms with Gasteiger partial charge in [0.2, 0.25) is 5.91 Å². The summed E-state index contributed by atoms with van der Waals surface area (Å²) in [5.41, 5.74) is 0. The van der Waals surface area contributed by atoms with E-state index in [2.05, 4.69) is 5.32 Å². The molecule has 0 radical (unpaired) electrons. The van der Waals surface area contributed by atoms with Gasteiger partial charge < -0.3 is 15.0 Å². The van der Waals surface area contributed by atoms with Gasteiger partial charge in [-0.1, -0.05) is 0 Å². The first kappa shape index (κ1) is 12.8. The van der Waals surface area contributed by atoms with Crippen LogP contribution in [0.4, 0.5) is 0 Å². The lowest BCUT2D eigenvalue weighted by atomic mass is 10.1. The molecule has 1 N–H and O–H groups in total. The molecule has 0 aromatic carbocycles. The van der Waals surface area contributed by atoms with Crippen molar-refractivity contribution in [2.45, 2.75) is 50.7 Å². The van der Waals surface area contributed by atoms with Crippen LogP contribution in [0.15, 0.2) is 0 Å². The maximum Gasteiger partial charge on any atom is 0.239 e. The van der Waals surface area contributed by atoms with E-state index in [0.717, 1.165) is 45.4 Å². The SMILES string of the molecule is CNC1CCCCN(CC2CCCCO2)C1=O. The fraction of sp³-hybridized carbons (Fsp3) is 0.923. The van der Waals surface area contributed by atoms with Crippen LogP contribution in [0.3, 0.4) is 0 Å². The van der Waals surface area contributed by atoms with Crippen LogP contribution in [0.5, 0.6) is 0 Å². The summed E-state index contributed by atoms with van der Waals surface area (Å²) >= 11 is 0. The van der Waals surface area contributed by atoms with E-state index in [1.807, 2.05) is 11.9 Å². The minimum absolute atomic E-state index is 0.0149. The normalized spacial score (nSPS) is 31.4. The van der Waals surface area contributed by atoms with Crippen molar-refractivity contribution in [1.82, 2.24) is 10.2 Å². The molecule has 4 nitrogen and oxygen atoms in total. The van der Waals surface area contributed by atoms with Crippen molar-refractivity contribution in [3.05, 3.63) is 0 Å². The Morgan fingerprint density at radius 1 is 1.29 bits per heavy atom. The largest absolute Gasteiger partial charge is 0.376 e. The number of nitrogens with one attached hydrogen (secondary N) is 1. The van der Waals surface area contributed by atoms with Crippen LogP contribution in [-0.4, -0.2) is 49.7 Å². The molecule has 4 heteroatoms. The van der Waals surface area contributed by atoms with Gasteiger partial charge in [0, 0.05) is 19.7 Å². The molecular weight excluding hydrogens is 216 g/mol. The first-order valence-corrected chi connectivity index (χ1v) is 6.89. The molecule has 17 heavy (non-hydrogen) atoms. The summed E-state index contributed by atoms with van der Waals surface area (Å²) in [7, 11) is 1.88. The first-order valence-electron chi connectivity index (χ1n) is 6.89. The summed E-state index contributed by atoms with van der Waals surface area (Å²) < 4.78 is 5.72. The van der Waals surface area contributed by atoms with Gasteiger partial charge in [-0.3, -0.25) is 4.79 Å². The molecule has 0 aromatic rings. The van der Waals surface area contributed by atoms with Crippen molar-refractivity contribution in [2.75, 3.05) is 26.7 Å². The molecule has 0 aromatic heterocycles. The van der Waals surface area contributed by atoms with Gasteiger partial charge in [0.25, 0.3) is 0 Å². The van der Waals surface area contributed by atoms with Crippen molar-refractivity contribution in [3.63, 3.8) is 0 Å². The van der Waals surface area contributed by atoms with E-state index >= 15 is 0 Å². The summed E-state index contributed by atoms with van der Waals surface area (Å²) in [6.07, 6.45) is 7.01. The quantitative estimate of drug-likeness (QED) is 0.805. The molecular formula is C13H24N2O2. The lowest BCUT2D eigenvalue weighted by Gasteiger charge is -2.30. The van der Waals surface area contributed by atoms with Crippen LogP contribution in [0, 0.1) is 0 Å². The summed E-state index contributed by atoms with van der Waals surface area (Å²) in [5, 5.41) is 3.13. The van der Waals surface area contributed by atoms with Crippen LogP contribution in [0.1, 0.15) is 38.5 Å². The molecule has 2 atom stereocenters.